The van der Waals surface area contributed by atoms with Crippen molar-refractivity contribution in [2.75, 3.05) is 0 Å². The van der Waals surface area contributed by atoms with E-state index in [9.17, 15) is 0 Å². The van der Waals surface area contributed by atoms with Crippen LogP contribution in [0.1, 0.15) is 0 Å². The normalized spacial score (nSPS) is 13.9. The molecule has 1 N–H and O–H groups in total. The molecule has 7 rings (SSSR count). The highest BCUT2D eigenvalue weighted by Gasteiger charge is 2.47. The molecule has 3 heteroatoms. The Balaban J connectivity index is 1.63. The molecule has 5 aromatic carbocycles. The van der Waals surface area contributed by atoms with Crippen LogP contribution < -0.4 is 25.5 Å². The molecule has 156 valence electrons. The summed E-state index contributed by atoms with van der Waals surface area (Å²) in [5, 5.41) is 7.85. The monoisotopic (exact) mass is 439 g/mol. The first-order chi connectivity index (χ1) is 16.4. The van der Waals surface area contributed by atoms with Gasteiger partial charge >= 0.3 is 0 Å². The lowest BCUT2D eigenvalue weighted by atomic mass is 10.1. The first-order valence-electron chi connectivity index (χ1n) is 11.3. The van der Waals surface area contributed by atoms with Crippen LogP contribution in [0, 0.1) is 0 Å². The van der Waals surface area contributed by atoms with Crippen LogP contribution in [-0.4, -0.2) is 13.1 Å². The number of hydrogen-bond acceptors (Lipinski definition) is 1. The van der Waals surface area contributed by atoms with E-state index in [1.165, 1.54) is 42.6 Å². The Morgan fingerprint density at radius 1 is 0.485 bits per heavy atom. The minimum absolute atomic E-state index is 0.962. The summed E-state index contributed by atoms with van der Waals surface area (Å²) in [6, 6.07) is 43.7. The van der Waals surface area contributed by atoms with Crippen molar-refractivity contribution in [3.63, 3.8) is 0 Å². The zero-order valence-corrected chi connectivity index (χ0v) is 19.0. The van der Waals surface area contributed by atoms with Crippen molar-refractivity contribution in [1.29, 1.82) is 0 Å². The van der Waals surface area contributed by atoms with E-state index in [1.807, 2.05) is 0 Å². The molecule has 33 heavy (non-hydrogen) atoms. The van der Waals surface area contributed by atoms with E-state index in [0.717, 1.165) is 11.5 Å². The number of para-hydroxylation sites is 3. The van der Waals surface area contributed by atoms with Crippen molar-refractivity contribution in [2.24, 2.45) is 0 Å². The molecule has 0 saturated heterocycles. The summed E-state index contributed by atoms with van der Waals surface area (Å²) in [5.41, 5.74) is 2.35. The van der Waals surface area contributed by atoms with Crippen LogP contribution in [0.2, 0.25) is 0 Å². The average molecular weight is 440 g/mol. The largest absolute Gasteiger partial charge is 0.458 e. The molecule has 2 heterocycles. The second-order valence-corrected chi connectivity index (χ2v) is 12.4. The predicted octanol–water partition coefficient (Wildman–Crippen LogP) is 4.80. The molecule has 1 aliphatic heterocycles. The molecule has 0 amide bonds. The van der Waals surface area contributed by atoms with E-state index in [1.54, 1.807) is 0 Å². The third kappa shape index (κ3) is 2.54. The molecule has 0 atom stereocenters. The summed E-state index contributed by atoms with van der Waals surface area (Å²) in [5.74, 6) is 1.92. The predicted molar refractivity (Wildman–Crippen MR) is 139 cm³/mol. The maximum absolute atomic E-state index is 6.44. The van der Waals surface area contributed by atoms with Crippen molar-refractivity contribution in [1.82, 2.24) is 4.98 Å². The molecule has 0 saturated carbocycles. The fraction of sp³-hybridized carbons (Fsp3) is 0. The summed E-state index contributed by atoms with van der Waals surface area (Å²) in [6.07, 6.45) is 0. The second-order valence-electron chi connectivity index (χ2n) is 8.64. The molecule has 2 nitrogen and oxygen atoms in total. The second kappa shape index (κ2) is 6.96. The SMILES string of the molecule is c1ccc([Si]2(c3ccc4c(c3)[nH]c3ccccc34)c3ccccc3Oc3ccccc32)cc1. The highest BCUT2D eigenvalue weighted by molar-refractivity contribution is 7.20. The van der Waals surface area contributed by atoms with Crippen molar-refractivity contribution in [2.45, 2.75) is 0 Å². The fourth-order valence-corrected chi connectivity index (χ4v) is 10.5. The Hall–Kier alpha value is -4.08. The minimum atomic E-state index is -2.59. The number of aromatic amines is 1. The average Bonchev–Trinajstić information content (AvgIpc) is 3.26. The Morgan fingerprint density at radius 3 is 1.85 bits per heavy atom. The molecule has 0 radical (unpaired) electrons. The van der Waals surface area contributed by atoms with Gasteiger partial charge in [-0.05, 0) is 45.0 Å². The molecule has 6 aromatic rings. The van der Waals surface area contributed by atoms with E-state index in [-0.39, 0.29) is 0 Å². The van der Waals surface area contributed by atoms with Gasteiger partial charge in [0.25, 0.3) is 0 Å². The van der Waals surface area contributed by atoms with E-state index < -0.39 is 8.07 Å². The molecule has 0 bridgehead atoms. The van der Waals surface area contributed by atoms with Gasteiger partial charge in [-0.1, -0.05) is 97.1 Å². The third-order valence-electron chi connectivity index (χ3n) is 6.95. The van der Waals surface area contributed by atoms with E-state index in [0.29, 0.717) is 0 Å². The Kier molecular flexibility index (Phi) is 3.90. The van der Waals surface area contributed by atoms with Crippen LogP contribution in [0.3, 0.4) is 0 Å². The number of benzene rings is 5. The molecule has 1 aromatic heterocycles. The summed E-state index contributed by atoms with van der Waals surface area (Å²) < 4.78 is 6.44. The number of nitrogens with one attached hydrogen (secondary N) is 1. The lowest BCUT2D eigenvalue weighted by Gasteiger charge is -2.39. The van der Waals surface area contributed by atoms with E-state index in [4.69, 9.17) is 4.74 Å². The van der Waals surface area contributed by atoms with E-state index >= 15 is 0 Å². The van der Waals surface area contributed by atoms with Gasteiger partial charge in [-0.15, -0.1) is 0 Å². The molecular formula is C30H21NOSi. The fourth-order valence-electron chi connectivity index (χ4n) is 5.56. The standard InChI is InChI=1S/C30H21NOSi/c1-2-10-21(11-3-1)33(22-18-19-24-23-12-4-5-13-25(23)31-26(24)20-22)29-16-8-6-14-27(29)32-28-15-7-9-17-30(28)33/h1-20,31H. The van der Waals surface area contributed by atoms with Crippen LogP contribution in [0.5, 0.6) is 11.5 Å². The number of hydrogen-bond donors (Lipinski definition) is 1. The Labute approximate surface area is 193 Å². The topological polar surface area (TPSA) is 25.0 Å². The zero-order valence-electron chi connectivity index (χ0n) is 18.0. The summed E-state index contributed by atoms with van der Waals surface area (Å²) in [6.45, 7) is 0. The van der Waals surface area contributed by atoms with Gasteiger partial charge in [0.1, 0.15) is 11.5 Å². The van der Waals surface area contributed by atoms with Crippen molar-refractivity contribution in [3.8, 4) is 11.5 Å². The zero-order chi connectivity index (χ0) is 21.8. The van der Waals surface area contributed by atoms with Gasteiger partial charge in [0.2, 0.25) is 0 Å². The van der Waals surface area contributed by atoms with Crippen molar-refractivity contribution in [3.05, 3.63) is 121 Å². The van der Waals surface area contributed by atoms with Gasteiger partial charge in [-0.2, -0.15) is 0 Å². The summed E-state index contributed by atoms with van der Waals surface area (Å²) in [4.78, 5) is 3.67. The van der Waals surface area contributed by atoms with Crippen LogP contribution in [0.4, 0.5) is 0 Å². The number of aromatic nitrogens is 1. The number of H-pyrrole nitrogens is 1. The lowest BCUT2D eigenvalue weighted by Crippen LogP contribution is -2.76. The molecule has 1 aliphatic rings. The van der Waals surface area contributed by atoms with Gasteiger partial charge in [-0.3, -0.25) is 0 Å². The van der Waals surface area contributed by atoms with Gasteiger partial charge in [0.15, 0.2) is 8.07 Å². The van der Waals surface area contributed by atoms with Crippen LogP contribution >= 0.6 is 0 Å². The smallest absolute Gasteiger partial charge is 0.188 e. The van der Waals surface area contributed by atoms with E-state index in [2.05, 4.69) is 126 Å². The number of rotatable bonds is 2. The van der Waals surface area contributed by atoms with Gasteiger partial charge in [-0.25, -0.2) is 0 Å². The molecule has 0 aliphatic carbocycles. The quantitative estimate of drug-likeness (QED) is 0.385. The summed E-state index contributed by atoms with van der Waals surface area (Å²) >= 11 is 0. The van der Waals surface area contributed by atoms with Crippen LogP contribution in [0.25, 0.3) is 21.8 Å². The maximum atomic E-state index is 6.44. The number of ether oxygens (including phenoxy) is 1. The molecule has 0 unspecified atom stereocenters. The molecular weight excluding hydrogens is 418 g/mol. The number of fused-ring (bicyclic) bond motifs is 5. The van der Waals surface area contributed by atoms with Gasteiger partial charge < -0.3 is 9.72 Å². The minimum Gasteiger partial charge on any atom is -0.458 e. The Morgan fingerprint density at radius 2 is 1.09 bits per heavy atom. The van der Waals surface area contributed by atoms with Crippen molar-refractivity contribution < 1.29 is 4.74 Å². The Bertz CT molecular complexity index is 1610. The third-order valence-corrected chi connectivity index (χ3v) is 11.8. The maximum Gasteiger partial charge on any atom is 0.188 e. The van der Waals surface area contributed by atoms with Crippen LogP contribution in [0.15, 0.2) is 121 Å². The van der Waals surface area contributed by atoms with Gasteiger partial charge in [0.05, 0.1) is 0 Å². The van der Waals surface area contributed by atoms with Gasteiger partial charge in [0, 0.05) is 21.8 Å². The van der Waals surface area contributed by atoms with Crippen molar-refractivity contribution >= 4 is 50.6 Å². The highest BCUT2D eigenvalue weighted by Crippen LogP contribution is 2.30. The highest BCUT2D eigenvalue weighted by atomic mass is 28.3. The molecule has 0 fully saturated rings. The molecule has 0 spiro atoms. The first kappa shape index (κ1) is 18.5. The lowest BCUT2D eigenvalue weighted by molar-refractivity contribution is 0.487. The van der Waals surface area contributed by atoms with Crippen LogP contribution in [-0.2, 0) is 0 Å². The summed E-state index contributed by atoms with van der Waals surface area (Å²) in [7, 11) is -2.59. The first-order valence-corrected chi connectivity index (χ1v) is 13.3.